The number of ether oxygens (including phenoxy) is 3. The van der Waals surface area contributed by atoms with Crippen LogP contribution in [-0.2, 0) is 23.8 Å². The van der Waals surface area contributed by atoms with Crippen molar-refractivity contribution >= 4 is 27.9 Å². The minimum atomic E-state index is -1.36. The van der Waals surface area contributed by atoms with Gasteiger partial charge in [0.05, 0.1) is 13.2 Å². The number of esters is 2. The summed E-state index contributed by atoms with van der Waals surface area (Å²) in [7, 11) is 0. The number of rotatable bonds is 6. The molecule has 0 aliphatic carbocycles. The Kier molecular flexibility index (Phi) is 5.39. The Balaban J connectivity index is 2.53. The standard InChI is InChI=1S/C11H17BrO5/c1-3-5-15-7-8-6-11(12,10(14)17-8)9(13)16-4-2/h8H,3-7H2,1-2H3. The maximum Gasteiger partial charge on any atom is 0.334 e. The van der Waals surface area contributed by atoms with E-state index in [1.54, 1.807) is 6.92 Å². The number of hydrogen-bond donors (Lipinski definition) is 0. The molecule has 1 rings (SSSR count). The molecule has 1 fully saturated rings. The first-order chi connectivity index (χ1) is 8.04. The first kappa shape index (κ1) is 14.4. The first-order valence-electron chi connectivity index (χ1n) is 5.69. The molecule has 98 valence electrons. The maximum absolute atomic E-state index is 11.6. The molecule has 0 aromatic rings. The Morgan fingerprint density at radius 2 is 2.29 bits per heavy atom. The van der Waals surface area contributed by atoms with Crippen molar-refractivity contribution in [1.82, 2.24) is 0 Å². The van der Waals surface area contributed by atoms with Gasteiger partial charge < -0.3 is 14.2 Å². The second kappa shape index (κ2) is 6.35. The number of hydrogen-bond acceptors (Lipinski definition) is 5. The molecule has 2 atom stereocenters. The van der Waals surface area contributed by atoms with Crippen LogP contribution in [0.1, 0.15) is 26.7 Å². The Bertz CT molecular complexity index is 294. The van der Waals surface area contributed by atoms with E-state index in [1.807, 2.05) is 6.92 Å². The van der Waals surface area contributed by atoms with Crippen LogP contribution in [0, 0.1) is 0 Å². The van der Waals surface area contributed by atoms with Crippen LogP contribution in [-0.4, -0.2) is 42.2 Å². The van der Waals surface area contributed by atoms with Crippen molar-refractivity contribution in [3.63, 3.8) is 0 Å². The minimum absolute atomic E-state index is 0.233. The van der Waals surface area contributed by atoms with Gasteiger partial charge in [-0.05, 0) is 13.3 Å². The third kappa shape index (κ3) is 3.42. The molecule has 0 radical (unpaired) electrons. The van der Waals surface area contributed by atoms with Crippen molar-refractivity contribution in [3.05, 3.63) is 0 Å². The third-order valence-corrected chi connectivity index (χ3v) is 3.33. The van der Waals surface area contributed by atoms with E-state index in [4.69, 9.17) is 14.2 Å². The van der Waals surface area contributed by atoms with Gasteiger partial charge in [-0.3, -0.25) is 0 Å². The molecular formula is C11H17BrO5. The van der Waals surface area contributed by atoms with Gasteiger partial charge in [0.15, 0.2) is 0 Å². The summed E-state index contributed by atoms with van der Waals surface area (Å²) in [5.41, 5.74) is 0. The average molecular weight is 309 g/mol. The number of carbonyl (C=O) groups excluding carboxylic acids is 2. The molecule has 0 N–H and O–H groups in total. The van der Waals surface area contributed by atoms with Crippen LogP contribution < -0.4 is 0 Å². The minimum Gasteiger partial charge on any atom is -0.465 e. The number of halogens is 1. The van der Waals surface area contributed by atoms with Crippen LogP contribution in [0.25, 0.3) is 0 Å². The second-order valence-corrected chi connectivity index (χ2v) is 5.18. The van der Waals surface area contributed by atoms with E-state index in [0.717, 1.165) is 6.42 Å². The summed E-state index contributed by atoms with van der Waals surface area (Å²) in [5, 5.41) is 0. The van der Waals surface area contributed by atoms with Gasteiger partial charge in [-0.2, -0.15) is 0 Å². The Hall–Kier alpha value is -0.620. The lowest BCUT2D eigenvalue weighted by Gasteiger charge is -2.14. The third-order valence-electron chi connectivity index (χ3n) is 2.36. The van der Waals surface area contributed by atoms with E-state index >= 15 is 0 Å². The van der Waals surface area contributed by atoms with Crippen LogP contribution in [0.3, 0.4) is 0 Å². The van der Waals surface area contributed by atoms with Crippen molar-refractivity contribution < 1.29 is 23.8 Å². The Labute approximate surface area is 109 Å². The molecule has 5 nitrogen and oxygen atoms in total. The summed E-state index contributed by atoms with van der Waals surface area (Å²) in [4.78, 5) is 23.3. The molecule has 17 heavy (non-hydrogen) atoms. The predicted octanol–water partition coefficient (Wildman–Crippen LogP) is 1.43. The van der Waals surface area contributed by atoms with E-state index in [9.17, 15) is 9.59 Å². The zero-order chi connectivity index (χ0) is 12.9. The fourth-order valence-corrected chi connectivity index (χ4v) is 2.12. The topological polar surface area (TPSA) is 61.8 Å². The molecule has 0 bridgehead atoms. The zero-order valence-electron chi connectivity index (χ0n) is 10.0. The Morgan fingerprint density at radius 3 is 2.88 bits per heavy atom. The molecule has 0 amide bonds. The maximum atomic E-state index is 11.6. The molecule has 0 spiro atoms. The predicted molar refractivity (Wildman–Crippen MR) is 63.9 cm³/mol. The van der Waals surface area contributed by atoms with Crippen LogP contribution >= 0.6 is 15.9 Å². The van der Waals surface area contributed by atoms with E-state index in [-0.39, 0.29) is 13.0 Å². The molecule has 1 heterocycles. The van der Waals surface area contributed by atoms with Gasteiger partial charge in [0.25, 0.3) is 0 Å². The van der Waals surface area contributed by atoms with Crippen LogP contribution in [0.15, 0.2) is 0 Å². The van der Waals surface area contributed by atoms with Crippen LogP contribution in [0.4, 0.5) is 0 Å². The fourth-order valence-electron chi connectivity index (χ4n) is 1.55. The Morgan fingerprint density at radius 1 is 1.59 bits per heavy atom. The molecular weight excluding hydrogens is 292 g/mol. The van der Waals surface area contributed by atoms with E-state index in [1.165, 1.54) is 0 Å². The molecule has 1 aliphatic heterocycles. The monoisotopic (exact) mass is 308 g/mol. The largest absolute Gasteiger partial charge is 0.465 e. The molecule has 1 aliphatic rings. The summed E-state index contributed by atoms with van der Waals surface area (Å²) < 4.78 is 13.9. The van der Waals surface area contributed by atoms with Crippen LogP contribution in [0.2, 0.25) is 0 Å². The summed E-state index contributed by atoms with van der Waals surface area (Å²) in [6.07, 6.45) is 0.754. The lowest BCUT2D eigenvalue weighted by atomic mass is 10.1. The highest BCUT2D eigenvalue weighted by molar-refractivity contribution is 9.10. The highest BCUT2D eigenvalue weighted by Gasteiger charge is 2.54. The SMILES string of the molecule is CCCOCC1CC(Br)(C(=O)OCC)C(=O)O1. The van der Waals surface area contributed by atoms with Gasteiger partial charge in [-0.1, -0.05) is 22.9 Å². The number of carbonyl (C=O) groups is 2. The fraction of sp³-hybridized carbons (Fsp3) is 0.818. The van der Waals surface area contributed by atoms with Crippen molar-refractivity contribution in [2.45, 2.75) is 37.1 Å². The lowest BCUT2D eigenvalue weighted by Crippen LogP contribution is -2.38. The second-order valence-electron chi connectivity index (χ2n) is 3.83. The normalized spacial score (nSPS) is 27.9. The van der Waals surface area contributed by atoms with Gasteiger partial charge >= 0.3 is 11.9 Å². The summed E-state index contributed by atoms with van der Waals surface area (Å²) in [6.45, 7) is 4.84. The lowest BCUT2D eigenvalue weighted by molar-refractivity contribution is -0.154. The molecule has 1 saturated heterocycles. The van der Waals surface area contributed by atoms with Gasteiger partial charge in [0.1, 0.15) is 6.10 Å². The van der Waals surface area contributed by atoms with Crippen LogP contribution in [0.5, 0.6) is 0 Å². The quantitative estimate of drug-likeness (QED) is 0.321. The number of cyclic esters (lactones) is 1. The smallest absolute Gasteiger partial charge is 0.334 e. The van der Waals surface area contributed by atoms with E-state index < -0.39 is 22.4 Å². The summed E-state index contributed by atoms with van der Waals surface area (Å²) in [6, 6.07) is 0. The van der Waals surface area contributed by atoms with Crippen molar-refractivity contribution in [1.29, 1.82) is 0 Å². The highest BCUT2D eigenvalue weighted by Crippen LogP contribution is 2.35. The highest BCUT2D eigenvalue weighted by atomic mass is 79.9. The average Bonchev–Trinajstić information content (AvgIpc) is 2.57. The van der Waals surface area contributed by atoms with Gasteiger partial charge in [0.2, 0.25) is 4.32 Å². The number of alkyl halides is 1. The van der Waals surface area contributed by atoms with Crippen molar-refractivity contribution in [2.75, 3.05) is 19.8 Å². The molecule has 0 saturated carbocycles. The molecule has 2 unspecified atom stereocenters. The van der Waals surface area contributed by atoms with Gasteiger partial charge in [-0.15, -0.1) is 0 Å². The zero-order valence-corrected chi connectivity index (χ0v) is 11.6. The molecule has 0 aromatic carbocycles. The van der Waals surface area contributed by atoms with Gasteiger partial charge in [0, 0.05) is 13.0 Å². The summed E-state index contributed by atoms with van der Waals surface area (Å²) >= 11 is 3.12. The molecule has 6 heteroatoms. The first-order valence-corrected chi connectivity index (χ1v) is 6.48. The van der Waals surface area contributed by atoms with Crippen molar-refractivity contribution in [3.8, 4) is 0 Å². The summed E-state index contributed by atoms with van der Waals surface area (Å²) in [5.74, 6) is -1.19. The van der Waals surface area contributed by atoms with Gasteiger partial charge in [-0.25, -0.2) is 9.59 Å². The van der Waals surface area contributed by atoms with E-state index in [0.29, 0.717) is 13.2 Å². The molecule has 0 aromatic heterocycles. The van der Waals surface area contributed by atoms with Crippen molar-refractivity contribution in [2.24, 2.45) is 0 Å². The van der Waals surface area contributed by atoms with E-state index in [2.05, 4.69) is 15.9 Å².